The van der Waals surface area contributed by atoms with Crippen molar-refractivity contribution in [2.24, 2.45) is 5.92 Å². The maximum Gasteiger partial charge on any atom is 0.243 e. The Morgan fingerprint density at radius 3 is 2.38 bits per heavy atom. The van der Waals surface area contributed by atoms with Crippen LogP contribution in [0.3, 0.4) is 0 Å². The predicted molar refractivity (Wildman–Crippen MR) is 90.7 cm³/mol. The molecule has 0 N–H and O–H groups in total. The Labute approximate surface area is 147 Å². The van der Waals surface area contributed by atoms with Gasteiger partial charge in [-0.15, -0.1) is 0 Å². The number of rotatable bonds is 4. The van der Waals surface area contributed by atoms with Crippen molar-refractivity contribution >= 4 is 27.5 Å². The van der Waals surface area contributed by atoms with E-state index >= 15 is 0 Å². The summed E-state index contributed by atoms with van der Waals surface area (Å²) in [6, 6.07) is 4.44. The molecule has 1 saturated carbocycles. The highest BCUT2D eigenvalue weighted by atomic mass is 35.5. The van der Waals surface area contributed by atoms with E-state index in [2.05, 4.69) is 0 Å². The smallest absolute Gasteiger partial charge is 0.243 e. The van der Waals surface area contributed by atoms with Gasteiger partial charge in [0.25, 0.3) is 0 Å². The van der Waals surface area contributed by atoms with Crippen LogP contribution < -0.4 is 4.74 Å². The molecule has 1 aliphatic heterocycles. The Balaban J connectivity index is 1.68. The second-order valence-electron chi connectivity index (χ2n) is 6.15. The predicted octanol–water partition coefficient (Wildman–Crippen LogP) is 1.98. The van der Waals surface area contributed by atoms with Gasteiger partial charge in [0.2, 0.25) is 15.9 Å². The first-order valence-corrected chi connectivity index (χ1v) is 9.88. The number of amides is 1. The van der Waals surface area contributed by atoms with Crippen molar-refractivity contribution in [3.63, 3.8) is 0 Å². The summed E-state index contributed by atoms with van der Waals surface area (Å²) >= 11 is 6.04. The van der Waals surface area contributed by atoms with Crippen molar-refractivity contribution in [2.75, 3.05) is 33.3 Å². The molecule has 1 aliphatic carbocycles. The van der Waals surface area contributed by atoms with E-state index in [4.69, 9.17) is 16.3 Å². The quantitative estimate of drug-likeness (QED) is 0.810. The monoisotopic (exact) mass is 372 g/mol. The SMILES string of the molecule is COc1ccc(S(=O)(=O)N2CCN(C(=O)C3CCC3)CC2)cc1Cl. The first-order valence-electron chi connectivity index (χ1n) is 8.06. The summed E-state index contributed by atoms with van der Waals surface area (Å²) in [5.41, 5.74) is 0. The van der Waals surface area contributed by atoms with Crippen molar-refractivity contribution in [2.45, 2.75) is 24.2 Å². The van der Waals surface area contributed by atoms with Crippen LogP contribution in [0.25, 0.3) is 0 Å². The normalized spacial score (nSPS) is 19.8. The van der Waals surface area contributed by atoms with E-state index in [0.29, 0.717) is 31.9 Å². The van der Waals surface area contributed by atoms with Gasteiger partial charge in [-0.25, -0.2) is 8.42 Å². The number of ether oxygens (including phenoxy) is 1. The topological polar surface area (TPSA) is 66.9 Å². The highest BCUT2D eigenvalue weighted by molar-refractivity contribution is 7.89. The highest BCUT2D eigenvalue weighted by Crippen LogP contribution is 2.30. The van der Waals surface area contributed by atoms with Crippen molar-refractivity contribution < 1.29 is 17.9 Å². The average Bonchev–Trinajstić information content (AvgIpc) is 2.53. The lowest BCUT2D eigenvalue weighted by atomic mass is 9.84. The summed E-state index contributed by atoms with van der Waals surface area (Å²) in [5, 5.41) is 0.261. The van der Waals surface area contributed by atoms with Crippen molar-refractivity contribution in [1.29, 1.82) is 0 Å². The van der Waals surface area contributed by atoms with E-state index in [0.717, 1.165) is 19.3 Å². The molecule has 1 amide bonds. The van der Waals surface area contributed by atoms with Gasteiger partial charge in [0.1, 0.15) is 5.75 Å². The van der Waals surface area contributed by atoms with Crippen LogP contribution in [0.1, 0.15) is 19.3 Å². The van der Waals surface area contributed by atoms with Crippen molar-refractivity contribution in [1.82, 2.24) is 9.21 Å². The number of methoxy groups -OCH3 is 1. The molecule has 1 aromatic carbocycles. The van der Waals surface area contributed by atoms with Crippen LogP contribution in [0.15, 0.2) is 23.1 Å². The molecule has 8 heteroatoms. The molecule has 0 bridgehead atoms. The molecular formula is C16H21ClN2O4S. The number of carbonyl (C=O) groups excluding carboxylic acids is 1. The molecule has 1 saturated heterocycles. The van der Waals surface area contributed by atoms with E-state index in [1.54, 1.807) is 11.0 Å². The summed E-state index contributed by atoms with van der Waals surface area (Å²) in [4.78, 5) is 14.2. The zero-order valence-corrected chi connectivity index (χ0v) is 15.1. The average molecular weight is 373 g/mol. The van der Waals surface area contributed by atoms with Gasteiger partial charge in [0.05, 0.1) is 17.0 Å². The molecule has 3 rings (SSSR count). The van der Waals surface area contributed by atoms with Crippen LogP contribution in [0.4, 0.5) is 0 Å². The molecule has 1 heterocycles. The second kappa shape index (κ2) is 6.90. The second-order valence-corrected chi connectivity index (χ2v) is 8.50. The largest absolute Gasteiger partial charge is 0.495 e. The van der Waals surface area contributed by atoms with Crippen molar-refractivity contribution in [3.8, 4) is 5.75 Å². The van der Waals surface area contributed by atoms with E-state index in [1.165, 1.54) is 23.5 Å². The van der Waals surface area contributed by atoms with E-state index in [-0.39, 0.29) is 21.7 Å². The number of piperazine rings is 1. The molecule has 0 radical (unpaired) electrons. The van der Waals surface area contributed by atoms with E-state index in [1.807, 2.05) is 0 Å². The Kier molecular flexibility index (Phi) is 5.03. The number of hydrogen-bond acceptors (Lipinski definition) is 4. The minimum absolute atomic E-state index is 0.145. The van der Waals surface area contributed by atoms with Gasteiger partial charge in [-0.3, -0.25) is 4.79 Å². The maximum absolute atomic E-state index is 12.7. The molecule has 6 nitrogen and oxygen atoms in total. The zero-order valence-electron chi connectivity index (χ0n) is 13.6. The number of halogens is 1. The van der Waals surface area contributed by atoms with Gasteiger partial charge < -0.3 is 9.64 Å². The molecule has 2 fully saturated rings. The van der Waals surface area contributed by atoms with Gasteiger partial charge in [-0.2, -0.15) is 4.31 Å². The van der Waals surface area contributed by atoms with Crippen molar-refractivity contribution in [3.05, 3.63) is 23.2 Å². The van der Waals surface area contributed by atoms with Gasteiger partial charge >= 0.3 is 0 Å². The molecule has 0 atom stereocenters. The Morgan fingerprint density at radius 1 is 1.21 bits per heavy atom. The first-order chi connectivity index (χ1) is 11.4. The highest BCUT2D eigenvalue weighted by Gasteiger charge is 2.34. The minimum Gasteiger partial charge on any atom is -0.495 e. The molecular weight excluding hydrogens is 352 g/mol. The molecule has 0 aromatic heterocycles. The van der Waals surface area contributed by atoms with Crippen LogP contribution >= 0.6 is 11.6 Å². The maximum atomic E-state index is 12.7. The molecule has 0 spiro atoms. The van der Waals surface area contributed by atoms with Crippen LogP contribution in [0, 0.1) is 5.92 Å². The summed E-state index contributed by atoms with van der Waals surface area (Å²) in [5.74, 6) is 0.755. The number of nitrogens with zero attached hydrogens (tertiary/aromatic N) is 2. The van der Waals surface area contributed by atoms with Gasteiger partial charge in [0.15, 0.2) is 0 Å². The molecule has 0 unspecified atom stereocenters. The molecule has 24 heavy (non-hydrogen) atoms. The minimum atomic E-state index is -3.62. The van der Waals surface area contributed by atoms with Crippen LogP contribution in [-0.2, 0) is 14.8 Å². The fraction of sp³-hybridized carbons (Fsp3) is 0.562. The van der Waals surface area contributed by atoms with E-state index < -0.39 is 10.0 Å². The number of sulfonamides is 1. The van der Waals surface area contributed by atoms with Crippen LogP contribution in [-0.4, -0.2) is 56.8 Å². The van der Waals surface area contributed by atoms with E-state index in [9.17, 15) is 13.2 Å². The van der Waals surface area contributed by atoms with Gasteiger partial charge in [-0.05, 0) is 31.0 Å². The third-order valence-corrected chi connectivity index (χ3v) is 6.96. The lowest BCUT2D eigenvalue weighted by molar-refractivity contribution is -0.139. The fourth-order valence-electron chi connectivity index (χ4n) is 3.02. The molecule has 1 aromatic rings. The fourth-order valence-corrected chi connectivity index (χ4v) is 4.79. The number of carbonyl (C=O) groups is 1. The van der Waals surface area contributed by atoms with Crippen LogP contribution in [0.2, 0.25) is 5.02 Å². The molecule has 132 valence electrons. The van der Waals surface area contributed by atoms with Gasteiger partial charge in [0, 0.05) is 32.1 Å². The Hall–Kier alpha value is -1.31. The molecule has 2 aliphatic rings. The summed E-state index contributed by atoms with van der Waals surface area (Å²) < 4.78 is 31.9. The lowest BCUT2D eigenvalue weighted by Crippen LogP contribution is -2.52. The summed E-state index contributed by atoms with van der Waals surface area (Å²) in [7, 11) is -2.14. The number of hydrogen-bond donors (Lipinski definition) is 0. The summed E-state index contributed by atoms with van der Waals surface area (Å²) in [6.45, 7) is 1.51. The standard InChI is InChI=1S/C16H21ClN2O4S/c1-23-15-6-5-13(11-14(15)17)24(21,22)19-9-7-18(8-10-19)16(20)12-3-2-4-12/h5-6,11-12H,2-4,7-10H2,1H3. The third kappa shape index (κ3) is 3.25. The summed E-state index contributed by atoms with van der Waals surface area (Å²) in [6.07, 6.45) is 3.03. The Morgan fingerprint density at radius 2 is 1.88 bits per heavy atom. The Bertz CT molecular complexity index is 726. The zero-order chi connectivity index (χ0) is 17.3. The number of benzene rings is 1. The lowest BCUT2D eigenvalue weighted by Gasteiger charge is -2.37. The van der Waals surface area contributed by atoms with Crippen LogP contribution in [0.5, 0.6) is 5.75 Å². The first kappa shape index (κ1) is 17.5. The third-order valence-electron chi connectivity index (χ3n) is 4.77. The van der Waals surface area contributed by atoms with Gasteiger partial charge in [-0.1, -0.05) is 18.0 Å².